The molecular formula is C17H23N5O. The van der Waals surface area contributed by atoms with Crippen LogP contribution in [0.5, 0.6) is 0 Å². The molecule has 1 N–H and O–H groups in total. The van der Waals surface area contributed by atoms with Crippen molar-refractivity contribution < 1.29 is 4.79 Å². The summed E-state index contributed by atoms with van der Waals surface area (Å²) >= 11 is 0. The summed E-state index contributed by atoms with van der Waals surface area (Å²) in [6.07, 6.45) is 8.04. The molecule has 122 valence electrons. The Morgan fingerprint density at radius 3 is 2.96 bits per heavy atom. The largest absolute Gasteiger partial charge is 0.347 e. The number of rotatable bonds is 4. The van der Waals surface area contributed by atoms with E-state index in [1.807, 2.05) is 29.4 Å². The van der Waals surface area contributed by atoms with Gasteiger partial charge in [-0.25, -0.2) is 4.98 Å². The maximum Gasteiger partial charge on any atom is 0.270 e. The van der Waals surface area contributed by atoms with Crippen LogP contribution in [-0.2, 0) is 0 Å². The average Bonchev–Trinajstić information content (AvgIpc) is 3.09. The van der Waals surface area contributed by atoms with Gasteiger partial charge in [-0.1, -0.05) is 6.92 Å². The van der Waals surface area contributed by atoms with Crippen molar-refractivity contribution in [3.63, 3.8) is 0 Å². The van der Waals surface area contributed by atoms with E-state index in [1.54, 1.807) is 6.20 Å². The fourth-order valence-corrected chi connectivity index (χ4v) is 3.51. The van der Waals surface area contributed by atoms with E-state index in [-0.39, 0.29) is 11.9 Å². The van der Waals surface area contributed by atoms with Gasteiger partial charge in [0.1, 0.15) is 11.5 Å². The van der Waals surface area contributed by atoms with E-state index in [9.17, 15) is 4.79 Å². The molecule has 1 aliphatic carbocycles. The van der Waals surface area contributed by atoms with Crippen molar-refractivity contribution in [2.75, 3.05) is 26.2 Å². The Kier molecular flexibility index (Phi) is 3.69. The van der Waals surface area contributed by atoms with Crippen molar-refractivity contribution in [1.82, 2.24) is 24.3 Å². The molecule has 4 rings (SSSR count). The molecule has 23 heavy (non-hydrogen) atoms. The predicted molar refractivity (Wildman–Crippen MR) is 87.2 cm³/mol. The molecule has 2 fully saturated rings. The second-order valence-electron chi connectivity index (χ2n) is 6.40. The van der Waals surface area contributed by atoms with Crippen LogP contribution in [0.4, 0.5) is 0 Å². The Morgan fingerprint density at radius 1 is 1.39 bits per heavy atom. The molecule has 1 amide bonds. The molecular weight excluding hydrogens is 290 g/mol. The van der Waals surface area contributed by atoms with Gasteiger partial charge in [-0.05, 0) is 31.5 Å². The Morgan fingerprint density at radius 2 is 2.26 bits per heavy atom. The molecule has 1 saturated heterocycles. The minimum atomic E-state index is 0.147. The van der Waals surface area contributed by atoms with Gasteiger partial charge in [-0.3, -0.25) is 9.69 Å². The van der Waals surface area contributed by atoms with E-state index in [1.165, 1.54) is 12.8 Å². The molecule has 6 nitrogen and oxygen atoms in total. The maximum absolute atomic E-state index is 13.0. The van der Waals surface area contributed by atoms with Crippen LogP contribution in [-0.4, -0.2) is 56.4 Å². The zero-order valence-corrected chi connectivity index (χ0v) is 13.5. The lowest BCUT2D eigenvalue weighted by molar-refractivity contribution is 0.0470. The minimum Gasteiger partial charge on any atom is -0.347 e. The number of nitrogens with one attached hydrogen (secondary N) is 1. The second kappa shape index (κ2) is 5.85. The summed E-state index contributed by atoms with van der Waals surface area (Å²) < 4.78 is 2.15. The number of hydrogen-bond donors (Lipinski definition) is 1. The Bertz CT molecular complexity index is 673. The highest BCUT2D eigenvalue weighted by atomic mass is 16.2. The number of hydrogen-bond acceptors (Lipinski definition) is 3. The third-order valence-electron chi connectivity index (χ3n) is 4.96. The number of piperazine rings is 1. The number of H-pyrrole nitrogens is 1. The normalized spacial score (nSPS) is 22.5. The standard InChI is InChI=1S/C17H23N5O/c1-2-20-10-11-21(12-15(20)16-18-7-8-19-16)17(23)14-4-3-9-22(14)13-5-6-13/h3-4,7-9,13,15H,2,5-6,10-12H2,1H3,(H,18,19). The first-order valence-electron chi connectivity index (χ1n) is 8.47. The SMILES string of the molecule is CCN1CCN(C(=O)c2cccn2C2CC2)CC1c1ncc[nH]1. The topological polar surface area (TPSA) is 57.2 Å². The highest BCUT2D eigenvalue weighted by molar-refractivity contribution is 5.93. The van der Waals surface area contributed by atoms with Crippen LogP contribution >= 0.6 is 0 Å². The molecule has 0 spiro atoms. The van der Waals surface area contributed by atoms with Gasteiger partial charge in [0.25, 0.3) is 5.91 Å². The molecule has 2 aromatic rings. The number of amides is 1. The zero-order valence-electron chi connectivity index (χ0n) is 13.5. The summed E-state index contributed by atoms with van der Waals surface area (Å²) in [5.74, 6) is 1.09. The minimum absolute atomic E-state index is 0.147. The van der Waals surface area contributed by atoms with E-state index in [2.05, 4.69) is 26.4 Å². The number of carbonyl (C=O) groups is 1. The fourth-order valence-electron chi connectivity index (χ4n) is 3.51. The van der Waals surface area contributed by atoms with Gasteiger partial charge in [-0.15, -0.1) is 0 Å². The summed E-state index contributed by atoms with van der Waals surface area (Å²) in [5, 5.41) is 0. The fraction of sp³-hybridized carbons (Fsp3) is 0.529. The zero-order chi connectivity index (χ0) is 15.8. The highest BCUT2D eigenvalue weighted by Crippen LogP contribution is 2.36. The van der Waals surface area contributed by atoms with Crippen LogP contribution in [0.25, 0.3) is 0 Å². The molecule has 2 aromatic heterocycles. The lowest BCUT2D eigenvalue weighted by atomic mass is 10.1. The molecule has 1 atom stereocenters. The number of nitrogens with zero attached hydrogens (tertiary/aromatic N) is 4. The lowest BCUT2D eigenvalue weighted by Crippen LogP contribution is -2.50. The van der Waals surface area contributed by atoms with Gasteiger partial charge in [0.2, 0.25) is 0 Å². The lowest BCUT2D eigenvalue weighted by Gasteiger charge is -2.40. The van der Waals surface area contributed by atoms with E-state index in [0.29, 0.717) is 12.6 Å². The summed E-state index contributed by atoms with van der Waals surface area (Å²) in [5.41, 5.74) is 0.829. The first-order valence-corrected chi connectivity index (χ1v) is 8.47. The molecule has 0 radical (unpaired) electrons. The van der Waals surface area contributed by atoms with Gasteiger partial charge in [-0.2, -0.15) is 0 Å². The van der Waals surface area contributed by atoms with E-state index >= 15 is 0 Å². The summed E-state index contributed by atoms with van der Waals surface area (Å²) in [7, 11) is 0. The predicted octanol–water partition coefficient (Wildman–Crippen LogP) is 2.07. The molecule has 1 saturated carbocycles. The quantitative estimate of drug-likeness (QED) is 0.940. The number of likely N-dealkylation sites (N-methyl/N-ethyl adjacent to an activating group) is 1. The third kappa shape index (κ3) is 2.67. The van der Waals surface area contributed by atoms with Crippen molar-refractivity contribution in [3.8, 4) is 0 Å². The van der Waals surface area contributed by atoms with Crippen LogP contribution in [0.15, 0.2) is 30.7 Å². The van der Waals surface area contributed by atoms with Gasteiger partial charge in [0.15, 0.2) is 0 Å². The molecule has 1 aliphatic heterocycles. The van der Waals surface area contributed by atoms with Gasteiger partial charge in [0.05, 0.1) is 6.04 Å². The average molecular weight is 313 g/mol. The van der Waals surface area contributed by atoms with Crippen molar-refractivity contribution in [3.05, 3.63) is 42.2 Å². The monoisotopic (exact) mass is 313 g/mol. The Balaban J connectivity index is 1.55. The molecule has 0 bridgehead atoms. The molecule has 2 aliphatic rings. The van der Waals surface area contributed by atoms with Gasteiger partial charge in [0, 0.05) is 44.3 Å². The van der Waals surface area contributed by atoms with E-state index < -0.39 is 0 Å². The number of aromatic nitrogens is 3. The van der Waals surface area contributed by atoms with Gasteiger partial charge < -0.3 is 14.5 Å². The Hall–Kier alpha value is -2.08. The van der Waals surface area contributed by atoms with E-state index in [4.69, 9.17) is 0 Å². The van der Waals surface area contributed by atoms with Crippen LogP contribution in [0.1, 0.15) is 48.2 Å². The summed E-state index contributed by atoms with van der Waals surface area (Å²) in [4.78, 5) is 25.0. The van der Waals surface area contributed by atoms with Crippen LogP contribution in [0.2, 0.25) is 0 Å². The summed E-state index contributed by atoms with van der Waals surface area (Å²) in [6.45, 7) is 5.48. The molecule has 0 aromatic carbocycles. The maximum atomic E-state index is 13.0. The van der Waals surface area contributed by atoms with Crippen molar-refractivity contribution in [2.45, 2.75) is 31.8 Å². The number of carbonyl (C=O) groups excluding carboxylic acids is 1. The molecule has 1 unspecified atom stereocenters. The Labute approximate surface area is 136 Å². The van der Waals surface area contributed by atoms with Crippen LogP contribution in [0, 0.1) is 0 Å². The first kappa shape index (κ1) is 14.5. The molecule has 6 heteroatoms. The van der Waals surface area contributed by atoms with Crippen molar-refractivity contribution >= 4 is 5.91 Å². The van der Waals surface area contributed by atoms with Gasteiger partial charge >= 0.3 is 0 Å². The van der Waals surface area contributed by atoms with E-state index in [0.717, 1.165) is 31.2 Å². The summed E-state index contributed by atoms with van der Waals surface area (Å²) in [6, 6.07) is 4.62. The smallest absolute Gasteiger partial charge is 0.270 e. The van der Waals surface area contributed by atoms with Crippen molar-refractivity contribution in [2.24, 2.45) is 0 Å². The number of aromatic amines is 1. The third-order valence-corrected chi connectivity index (χ3v) is 4.96. The second-order valence-corrected chi connectivity index (χ2v) is 6.40. The van der Waals surface area contributed by atoms with Crippen molar-refractivity contribution in [1.29, 1.82) is 0 Å². The number of imidazole rings is 1. The van der Waals surface area contributed by atoms with Crippen LogP contribution in [0.3, 0.4) is 0 Å². The molecule has 3 heterocycles. The van der Waals surface area contributed by atoms with Crippen LogP contribution < -0.4 is 0 Å². The first-order chi connectivity index (χ1) is 11.3. The highest BCUT2D eigenvalue weighted by Gasteiger charge is 2.34.